The van der Waals surface area contributed by atoms with Crippen molar-refractivity contribution >= 4 is 23.3 Å². The Bertz CT molecular complexity index is 610. The van der Waals surface area contributed by atoms with Gasteiger partial charge in [0.05, 0.1) is 16.8 Å². The van der Waals surface area contributed by atoms with E-state index in [0.717, 1.165) is 18.8 Å². The minimum Gasteiger partial charge on any atom is -0.421 e. The van der Waals surface area contributed by atoms with Gasteiger partial charge in [-0.05, 0) is 38.1 Å². The number of carbonyl (C=O) groups is 1. The van der Waals surface area contributed by atoms with Gasteiger partial charge in [0, 0.05) is 31.0 Å². The van der Waals surface area contributed by atoms with Crippen LogP contribution in [0.4, 0.5) is 5.69 Å². The molecule has 110 valence electrons. The predicted octanol–water partition coefficient (Wildman–Crippen LogP) is 3.80. The van der Waals surface area contributed by atoms with Crippen LogP contribution < -0.4 is 9.64 Å². The van der Waals surface area contributed by atoms with Crippen molar-refractivity contribution in [3.8, 4) is 5.75 Å². The lowest BCUT2D eigenvalue weighted by Crippen LogP contribution is -2.21. The molecule has 0 atom stereocenters. The minimum atomic E-state index is -0.426. The molecule has 0 bridgehead atoms. The summed E-state index contributed by atoms with van der Waals surface area (Å²) in [7, 11) is 0. The first-order valence-electron chi connectivity index (χ1n) is 6.81. The monoisotopic (exact) mass is 304 g/mol. The molecule has 0 amide bonds. The Balaban J connectivity index is 2.09. The summed E-state index contributed by atoms with van der Waals surface area (Å²) >= 11 is 5.80. The van der Waals surface area contributed by atoms with E-state index >= 15 is 0 Å². The molecule has 0 saturated carbocycles. The largest absolute Gasteiger partial charge is 0.421 e. The second kappa shape index (κ2) is 7.09. The molecule has 1 heterocycles. The highest BCUT2D eigenvalue weighted by Crippen LogP contribution is 2.18. The van der Waals surface area contributed by atoms with Crippen LogP contribution in [0, 0.1) is 0 Å². The smallest absolute Gasteiger partial charge is 0.343 e. The molecule has 5 heteroatoms. The van der Waals surface area contributed by atoms with Gasteiger partial charge in [0.1, 0.15) is 0 Å². The average Bonchev–Trinajstić information content (AvgIpc) is 2.49. The summed E-state index contributed by atoms with van der Waals surface area (Å²) in [6, 6.07) is 8.90. The molecule has 2 aromatic rings. The van der Waals surface area contributed by atoms with Crippen molar-refractivity contribution in [1.29, 1.82) is 0 Å². The van der Waals surface area contributed by atoms with Gasteiger partial charge in [-0.15, -0.1) is 0 Å². The molecule has 0 fully saturated rings. The molecule has 0 aliphatic heterocycles. The lowest BCUT2D eigenvalue weighted by molar-refractivity contribution is 0.0734. The highest BCUT2D eigenvalue weighted by Gasteiger charge is 2.10. The Hall–Kier alpha value is -2.07. The third kappa shape index (κ3) is 3.95. The molecule has 0 spiro atoms. The van der Waals surface area contributed by atoms with Crippen molar-refractivity contribution < 1.29 is 9.53 Å². The van der Waals surface area contributed by atoms with Gasteiger partial charge in [-0.2, -0.15) is 0 Å². The van der Waals surface area contributed by atoms with E-state index in [-0.39, 0.29) is 0 Å². The quantitative estimate of drug-likeness (QED) is 0.788. The molecule has 0 radical (unpaired) electrons. The normalized spacial score (nSPS) is 10.2. The van der Waals surface area contributed by atoms with Crippen LogP contribution in [0.25, 0.3) is 0 Å². The number of pyridine rings is 1. The topological polar surface area (TPSA) is 42.4 Å². The third-order valence-corrected chi connectivity index (χ3v) is 3.33. The number of halogens is 1. The van der Waals surface area contributed by atoms with E-state index in [1.807, 2.05) is 12.1 Å². The second-order valence-corrected chi connectivity index (χ2v) is 4.88. The summed E-state index contributed by atoms with van der Waals surface area (Å²) < 4.78 is 5.23. The highest BCUT2D eigenvalue weighted by atomic mass is 35.5. The first-order valence-corrected chi connectivity index (χ1v) is 7.19. The summed E-state index contributed by atoms with van der Waals surface area (Å²) in [5, 5.41) is 0.428. The molecule has 0 aliphatic rings. The molecular formula is C16H17ClN2O2. The number of esters is 1. The standard InChI is InChI=1S/C16H17ClN2O2/c1-3-19(4-2)14-7-5-12(6-8-14)16(20)21-15-9-13(17)10-18-11-15/h5-11H,3-4H2,1-2H3. The molecule has 4 nitrogen and oxygen atoms in total. The second-order valence-electron chi connectivity index (χ2n) is 4.45. The van der Waals surface area contributed by atoms with Gasteiger partial charge in [-0.25, -0.2) is 4.79 Å². The van der Waals surface area contributed by atoms with Crippen molar-refractivity contribution in [1.82, 2.24) is 4.98 Å². The number of carbonyl (C=O) groups excluding carboxylic acids is 1. The first kappa shape index (κ1) is 15.3. The van der Waals surface area contributed by atoms with Crippen LogP contribution in [-0.2, 0) is 0 Å². The number of rotatable bonds is 5. The van der Waals surface area contributed by atoms with E-state index in [4.69, 9.17) is 16.3 Å². The maximum Gasteiger partial charge on any atom is 0.343 e. The van der Waals surface area contributed by atoms with Gasteiger partial charge in [-0.3, -0.25) is 4.98 Å². The third-order valence-electron chi connectivity index (χ3n) is 3.12. The molecule has 1 aromatic heterocycles. The summed E-state index contributed by atoms with van der Waals surface area (Å²) in [6.45, 7) is 6.04. The highest BCUT2D eigenvalue weighted by molar-refractivity contribution is 6.30. The van der Waals surface area contributed by atoms with Crippen LogP contribution >= 0.6 is 11.6 Å². The fraction of sp³-hybridized carbons (Fsp3) is 0.250. The summed E-state index contributed by atoms with van der Waals surface area (Å²) in [5.41, 5.74) is 1.58. The van der Waals surface area contributed by atoms with E-state index in [2.05, 4.69) is 23.7 Å². The van der Waals surface area contributed by atoms with E-state index in [0.29, 0.717) is 16.3 Å². The van der Waals surface area contributed by atoms with Crippen molar-refractivity contribution in [3.05, 3.63) is 53.3 Å². The molecule has 2 rings (SSSR count). The average molecular weight is 305 g/mol. The van der Waals surface area contributed by atoms with Gasteiger partial charge in [-0.1, -0.05) is 11.6 Å². The van der Waals surface area contributed by atoms with Crippen LogP contribution in [-0.4, -0.2) is 24.0 Å². The zero-order valence-electron chi connectivity index (χ0n) is 12.0. The van der Waals surface area contributed by atoms with Gasteiger partial charge in [0.25, 0.3) is 0 Å². The predicted molar refractivity (Wildman–Crippen MR) is 84.2 cm³/mol. The maximum absolute atomic E-state index is 12.0. The van der Waals surface area contributed by atoms with Gasteiger partial charge in [0.15, 0.2) is 5.75 Å². The molecule has 0 aliphatic carbocycles. The molecule has 1 aromatic carbocycles. The fourth-order valence-electron chi connectivity index (χ4n) is 2.01. The number of hydrogen-bond acceptors (Lipinski definition) is 4. The van der Waals surface area contributed by atoms with Crippen molar-refractivity contribution in [3.63, 3.8) is 0 Å². The Kier molecular flexibility index (Phi) is 5.17. The van der Waals surface area contributed by atoms with Crippen molar-refractivity contribution in [2.45, 2.75) is 13.8 Å². The van der Waals surface area contributed by atoms with E-state index < -0.39 is 5.97 Å². The zero-order chi connectivity index (χ0) is 15.2. The van der Waals surface area contributed by atoms with Gasteiger partial charge < -0.3 is 9.64 Å². The summed E-state index contributed by atoms with van der Waals surface area (Å²) in [6.07, 6.45) is 2.94. The number of nitrogens with zero attached hydrogens (tertiary/aromatic N) is 2. The molecule has 21 heavy (non-hydrogen) atoms. The summed E-state index contributed by atoms with van der Waals surface area (Å²) in [4.78, 5) is 18.1. The van der Waals surface area contributed by atoms with E-state index in [1.54, 1.807) is 18.2 Å². The summed E-state index contributed by atoms with van der Waals surface area (Å²) in [5.74, 6) is -0.0921. The number of hydrogen-bond donors (Lipinski definition) is 0. The Morgan fingerprint density at radius 1 is 1.19 bits per heavy atom. The van der Waals surface area contributed by atoms with Crippen molar-refractivity contribution in [2.75, 3.05) is 18.0 Å². The molecule has 0 saturated heterocycles. The molecular weight excluding hydrogens is 288 g/mol. The first-order chi connectivity index (χ1) is 10.1. The van der Waals surface area contributed by atoms with Crippen LogP contribution in [0.3, 0.4) is 0 Å². The maximum atomic E-state index is 12.0. The number of anilines is 1. The van der Waals surface area contributed by atoms with Crippen LogP contribution in [0.5, 0.6) is 5.75 Å². The Morgan fingerprint density at radius 2 is 1.86 bits per heavy atom. The van der Waals surface area contributed by atoms with E-state index in [9.17, 15) is 4.79 Å². The minimum absolute atomic E-state index is 0.334. The lowest BCUT2D eigenvalue weighted by Gasteiger charge is -2.20. The fourth-order valence-corrected chi connectivity index (χ4v) is 2.18. The van der Waals surface area contributed by atoms with Gasteiger partial charge >= 0.3 is 5.97 Å². The van der Waals surface area contributed by atoms with Gasteiger partial charge in [0.2, 0.25) is 0 Å². The van der Waals surface area contributed by atoms with Crippen LogP contribution in [0.2, 0.25) is 5.02 Å². The SMILES string of the molecule is CCN(CC)c1ccc(C(=O)Oc2cncc(Cl)c2)cc1. The van der Waals surface area contributed by atoms with Crippen LogP contribution in [0.15, 0.2) is 42.7 Å². The lowest BCUT2D eigenvalue weighted by atomic mass is 10.2. The Morgan fingerprint density at radius 3 is 2.43 bits per heavy atom. The van der Waals surface area contributed by atoms with E-state index in [1.165, 1.54) is 12.4 Å². The zero-order valence-corrected chi connectivity index (χ0v) is 12.8. The Labute approximate surface area is 129 Å². The molecule has 0 N–H and O–H groups in total. The number of aromatic nitrogens is 1. The van der Waals surface area contributed by atoms with Crippen molar-refractivity contribution in [2.24, 2.45) is 0 Å². The molecule has 0 unspecified atom stereocenters. The van der Waals surface area contributed by atoms with Crippen LogP contribution in [0.1, 0.15) is 24.2 Å². The number of benzene rings is 1. The number of ether oxygens (including phenoxy) is 1.